The zero-order chi connectivity index (χ0) is 12.7. The van der Waals surface area contributed by atoms with E-state index in [4.69, 9.17) is 21.2 Å². The molecule has 1 aromatic heterocycles. The summed E-state index contributed by atoms with van der Waals surface area (Å²) in [6.07, 6.45) is 0.771. The number of oxime groups is 1. The van der Waals surface area contributed by atoms with Gasteiger partial charge in [0, 0.05) is 19.3 Å². The first-order chi connectivity index (χ1) is 8.17. The average Bonchev–Trinajstić information content (AvgIpc) is 2.38. The molecule has 1 heterocycles. The van der Waals surface area contributed by atoms with Crippen LogP contribution in [-0.2, 0) is 6.54 Å². The lowest BCUT2D eigenvalue weighted by atomic mass is 10.2. The molecule has 0 spiro atoms. The maximum Gasteiger partial charge on any atom is 0.188 e. The Morgan fingerprint density at radius 3 is 3.00 bits per heavy atom. The second kappa shape index (κ2) is 6.79. The average molecular weight is 240 g/mol. The van der Waals surface area contributed by atoms with E-state index in [0.717, 1.165) is 5.56 Å². The first-order valence-corrected chi connectivity index (χ1v) is 5.10. The lowest BCUT2D eigenvalue weighted by Gasteiger charge is -2.09. The number of amidine groups is 1. The van der Waals surface area contributed by atoms with Crippen LogP contribution in [0.3, 0.4) is 0 Å². The van der Waals surface area contributed by atoms with E-state index < -0.39 is 6.10 Å². The first kappa shape index (κ1) is 13.4. The fourth-order valence-corrected chi connectivity index (χ4v) is 1.22. The van der Waals surface area contributed by atoms with Gasteiger partial charge >= 0.3 is 0 Å². The number of aliphatic hydroxyl groups excluding tert-OH is 2. The van der Waals surface area contributed by atoms with Gasteiger partial charge in [0.25, 0.3) is 0 Å². The number of pyridine rings is 1. The van der Waals surface area contributed by atoms with E-state index in [2.05, 4.69) is 15.5 Å². The van der Waals surface area contributed by atoms with E-state index >= 15 is 0 Å². The molecule has 0 saturated carbocycles. The Labute approximate surface area is 98.6 Å². The number of hydrogen-bond donors (Lipinski definition) is 5. The summed E-state index contributed by atoms with van der Waals surface area (Å²) in [6.45, 7) is 0.502. The van der Waals surface area contributed by atoms with Crippen molar-refractivity contribution in [2.45, 2.75) is 12.6 Å². The molecule has 7 heteroatoms. The van der Waals surface area contributed by atoms with E-state index in [0.29, 0.717) is 12.2 Å². The van der Waals surface area contributed by atoms with Gasteiger partial charge in [-0.15, -0.1) is 0 Å². The molecule has 0 radical (unpaired) electrons. The molecule has 1 unspecified atom stereocenters. The molecule has 1 rings (SSSR count). The van der Waals surface area contributed by atoms with Gasteiger partial charge in [0.05, 0.1) is 12.7 Å². The van der Waals surface area contributed by atoms with Crippen LogP contribution in [0.5, 0.6) is 0 Å². The molecule has 17 heavy (non-hydrogen) atoms. The number of nitrogens with two attached hydrogens (primary N) is 1. The smallest absolute Gasteiger partial charge is 0.188 e. The summed E-state index contributed by atoms with van der Waals surface area (Å²) in [5, 5.41) is 32.1. The molecule has 94 valence electrons. The second-order valence-corrected chi connectivity index (χ2v) is 3.50. The third kappa shape index (κ3) is 4.35. The Morgan fingerprint density at radius 1 is 1.59 bits per heavy atom. The third-order valence-corrected chi connectivity index (χ3v) is 2.11. The van der Waals surface area contributed by atoms with Crippen molar-refractivity contribution in [1.29, 1.82) is 0 Å². The number of aromatic nitrogens is 1. The molecule has 0 amide bonds. The van der Waals surface area contributed by atoms with Gasteiger partial charge in [0.1, 0.15) is 5.69 Å². The van der Waals surface area contributed by atoms with E-state index in [-0.39, 0.29) is 19.0 Å². The molecule has 1 atom stereocenters. The van der Waals surface area contributed by atoms with Crippen molar-refractivity contribution in [2.24, 2.45) is 10.9 Å². The normalized spacial score (nSPS) is 13.6. The van der Waals surface area contributed by atoms with Crippen molar-refractivity contribution < 1.29 is 15.4 Å². The van der Waals surface area contributed by atoms with Crippen molar-refractivity contribution in [1.82, 2.24) is 10.3 Å². The van der Waals surface area contributed by atoms with Gasteiger partial charge in [-0.1, -0.05) is 5.16 Å². The van der Waals surface area contributed by atoms with Crippen LogP contribution < -0.4 is 11.1 Å². The van der Waals surface area contributed by atoms with Gasteiger partial charge in [-0.05, 0) is 17.7 Å². The van der Waals surface area contributed by atoms with Gasteiger partial charge in [-0.3, -0.25) is 4.98 Å². The third-order valence-electron chi connectivity index (χ3n) is 2.11. The molecule has 1 aromatic rings. The Balaban J connectivity index is 2.54. The highest BCUT2D eigenvalue weighted by molar-refractivity contribution is 5.95. The van der Waals surface area contributed by atoms with Crippen LogP contribution in [0.25, 0.3) is 0 Å². The van der Waals surface area contributed by atoms with Gasteiger partial charge in [0.2, 0.25) is 0 Å². The topological polar surface area (TPSA) is 124 Å². The van der Waals surface area contributed by atoms with E-state index in [1.54, 1.807) is 18.3 Å². The van der Waals surface area contributed by atoms with Crippen LogP contribution in [0.1, 0.15) is 11.3 Å². The molecule has 0 fully saturated rings. The predicted octanol–water partition coefficient (Wildman–Crippen LogP) is -1.38. The molecule has 7 nitrogen and oxygen atoms in total. The number of nitrogens with zero attached hydrogens (tertiary/aromatic N) is 2. The summed E-state index contributed by atoms with van der Waals surface area (Å²) in [7, 11) is 0. The number of nitrogens with one attached hydrogen (secondary N) is 1. The van der Waals surface area contributed by atoms with Crippen molar-refractivity contribution in [2.75, 3.05) is 13.2 Å². The minimum absolute atomic E-state index is 0.0535. The van der Waals surface area contributed by atoms with Crippen LogP contribution in [-0.4, -0.2) is 45.5 Å². The van der Waals surface area contributed by atoms with Gasteiger partial charge in [-0.25, -0.2) is 0 Å². The van der Waals surface area contributed by atoms with E-state index in [1.807, 2.05) is 0 Å². The molecular formula is C10H16N4O3. The number of hydrogen-bond acceptors (Lipinski definition) is 6. The molecule has 0 aliphatic rings. The fourth-order valence-electron chi connectivity index (χ4n) is 1.22. The number of aliphatic hydroxyl groups is 2. The molecule has 6 N–H and O–H groups in total. The highest BCUT2D eigenvalue weighted by atomic mass is 16.4. The maximum atomic E-state index is 9.12. The highest BCUT2D eigenvalue weighted by Crippen LogP contribution is 2.01. The Hall–Kier alpha value is -1.70. The second-order valence-electron chi connectivity index (χ2n) is 3.50. The summed E-state index contributed by atoms with van der Waals surface area (Å²) in [6, 6.07) is 3.44. The van der Waals surface area contributed by atoms with Crippen LogP contribution >= 0.6 is 0 Å². The molecule has 0 aliphatic carbocycles. The predicted molar refractivity (Wildman–Crippen MR) is 61.5 cm³/mol. The summed E-state index contributed by atoms with van der Waals surface area (Å²) in [5.41, 5.74) is 6.67. The highest BCUT2D eigenvalue weighted by Gasteiger charge is 2.03. The molecule has 0 bridgehead atoms. The van der Waals surface area contributed by atoms with E-state index in [9.17, 15) is 0 Å². The lowest BCUT2D eigenvalue weighted by Crippen LogP contribution is -2.29. The largest absolute Gasteiger partial charge is 0.409 e. The summed E-state index contributed by atoms with van der Waals surface area (Å²) < 4.78 is 0. The Bertz CT molecular complexity index is 384. The van der Waals surface area contributed by atoms with Crippen LogP contribution in [0.2, 0.25) is 0 Å². The monoisotopic (exact) mass is 240 g/mol. The first-order valence-electron chi connectivity index (χ1n) is 5.10. The van der Waals surface area contributed by atoms with E-state index in [1.165, 1.54) is 0 Å². The standard InChI is InChI=1S/C10H16N4O3/c11-10(14-17)9-3-7(1-2-13-9)4-12-5-8(16)6-15/h1-3,8,12,15-17H,4-6H2,(H2,11,14). The minimum Gasteiger partial charge on any atom is -0.409 e. The fraction of sp³-hybridized carbons (Fsp3) is 0.400. The molecule has 0 aliphatic heterocycles. The maximum absolute atomic E-state index is 9.12. The SMILES string of the molecule is NC(=NO)c1cc(CNCC(O)CO)ccn1. The van der Waals surface area contributed by atoms with Gasteiger partial charge in [0.15, 0.2) is 5.84 Å². The molecule has 0 saturated heterocycles. The van der Waals surface area contributed by atoms with Crippen LogP contribution in [0.15, 0.2) is 23.5 Å². The van der Waals surface area contributed by atoms with Crippen molar-refractivity contribution in [3.63, 3.8) is 0 Å². The van der Waals surface area contributed by atoms with Crippen LogP contribution in [0.4, 0.5) is 0 Å². The summed E-state index contributed by atoms with van der Waals surface area (Å²) in [4.78, 5) is 3.94. The zero-order valence-corrected chi connectivity index (χ0v) is 9.24. The molecule has 0 aromatic carbocycles. The van der Waals surface area contributed by atoms with Gasteiger partial charge in [-0.2, -0.15) is 0 Å². The molecular weight excluding hydrogens is 224 g/mol. The Morgan fingerprint density at radius 2 is 2.35 bits per heavy atom. The van der Waals surface area contributed by atoms with Crippen LogP contribution in [0, 0.1) is 0 Å². The van der Waals surface area contributed by atoms with Crippen molar-refractivity contribution in [3.8, 4) is 0 Å². The zero-order valence-electron chi connectivity index (χ0n) is 9.24. The van der Waals surface area contributed by atoms with Crippen molar-refractivity contribution in [3.05, 3.63) is 29.6 Å². The summed E-state index contributed by atoms with van der Waals surface area (Å²) in [5.74, 6) is -0.0535. The van der Waals surface area contributed by atoms with Gasteiger partial charge < -0.3 is 26.5 Å². The Kier molecular flexibility index (Phi) is 5.34. The van der Waals surface area contributed by atoms with Crippen molar-refractivity contribution >= 4 is 5.84 Å². The lowest BCUT2D eigenvalue weighted by molar-refractivity contribution is 0.0942. The quantitative estimate of drug-likeness (QED) is 0.181. The summed E-state index contributed by atoms with van der Waals surface area (Å²) >= 11 is 0. The number of rotatable bonds is 6. The minimum atomic E-state index is -0.777.